The molecule has 17 heavy (non-hydrogen) atoms. The highest BCUT2D eigenvalue weighted by Gasteiger charge is 2.35. The van der Waals surface area contributed by atoms with Crippen LogP contribution in [0.2, 0.25) is 0 Å². The smallest absolute Gasteiger partial charge is 0.0809 e. The van der Waals surface area contributed by atoms with E-state index in [2.05, 4.69) is 13.8 Å². The van der Waals surface area contributed by atoms with Gasteiger partial charge < -0.3 is 15.2 Å². The normalized spacial score (nSPS) is 31.4. The molecule has 0 aliphatic heterocycles. The summed E-state index contributed by atoms with van der Waals surface area (Å²) >= 11 is 0. The van der Waals surface area contributed by atoms with Gasteiger partial charge in [0.1, 0.15) is 0 Å². The monoisotopic (exact) mass is 243 g/mol. The van der Waals surface area contributed by atoms with Gasteiger partial charge in [-0.1, -0.05) is 13.3 Å². The minimum atomic E-state index is -0.0812. The zero-order valence-electron chi connectivity index (χ0n) is 11.7. The molecule has 0 heterocycles. The number of hydrogen-bond donors (Lipinski definition) is 1. The largest absolute Gasteiger partial charge is 0.379 e. The van der Waals surface area contributed by atoms with Crippen molar-refractivity contribution in [2.75, 3.05) is 19.8 Å². The molecular formula is C14H29NO2. The zero-order valence-corrected chi connectivity index (χ0v) is 11.7. The Morgan fingerprint density at radius 1 is 1.29 bits per heavy atom. The Hall–Kier alpha value is -0.120. The lowest BCUT2D eigenvalue weighted by Gasteiger charge is -2.41. The highest BCUT2D eigenvalue weighted by Crippen LogP contribution is 2.36. The molecule has 1 aliphatic carbocycles. The van der Waals surface area contributed by atoms with Gasteiger partial charge in [-0.05, 0) is 45.4 Å². The van der Waals surface area contributed by atoms with Gasteiger partial charge in [0.2, 0.25) is 0 Å². The van der Waals surface area contributed by atoms with Crippen LogP contribution in [0.1, 0.15) is 52.9 Å². The molecule has 0 bridgehead atoms. The Morgan fingerprint density at radius 2 is 1.94 bits per heavy atom. The lowest BCUT2D eigenvalue weighted by Crippen LogP contribution is -2.46. The van der Waals surface area contributed by atoms with Crippen LogP contribution in [0.4, 0.5) is 0 Å². The number of nitrogens with two attached hydrogens (primary N) is 1. The van der Waals surface area contributed by atoms with E-state index < -0.39 is 0 Å². The fourth-order valence-corrected chi connectivity index (χ4v) is 2.73. The average molecular weight is 243 g/mol. The predicted molar refractivity (Wildman–Crippen MR) is 71.1 cm³/mol. The summed E-state index contributed by atoms with van der Waals surface area (Å²) in [5, 5.41) is 0. The van der Waals surface area contributed by atoms with Crippen LogP contribution in [-0.2, 0) is 9.47 Å². The number of rotatable bonds is 7. The van der Waals surface area contributed by atoms with E-state index in [1.807, 2.05) is 6.92 Å². The predicted octanol–water partition coefficient (Wildman–Crippen LogP) is 2.73. The van der Waals surface area contributed by atoms with Gasteiger partial charge in [0, 0.05) is 13.2 Å². The Balaban J connectivity index is 2.41. The average Bonchev–Trinajstić information content (AvgIpc) is 2.37. The van der Waals surface area contributed by atoms with Gasteiger partial charge in [0.15, 0.2) is 0 Å². The molecule has 0 radical (unpaired) electrons. The third kappa shape index (κ3) is 4.57. The van der Waals surface area contributed by atoms with Crippen LogP contribution >= 0.6 is 0 Å². The molecule has 1 saturated carbocycles. The Kier molecular flexibility index (Phi) is 6.45. The molecule has 1 unspecified atom stereocenters. The quantitative estimate of drug-likeness (QED) is 0.747. The Labute approximate surface area is 106 Å². The van der Waals surface area contributed by atoms with E-state index in [1.54, 1.807) is 0 Å². The third-order valence-corrected chi connectivity index (χ3v) is 3.97. The van der Waals surface area contributed by atoms with Gasteiger partial charge in [0.25, 0.3) is 0 Å². The van der Waals surface area contributed by atoms with E-state index in [1.165, 1.54) is 19.3 Å². The molecule has 0 saturated heterocycles. The fourth-order valence-electron chi connectivity index (χ4n) is 2.73. The molecule has 1 aliphatic rings. The SMILES string of the molecule is CCOCC(C)OC1(CN)CCC(CC)CC1. The maximum atomic E-state index is 6.17. The second-order valence-electron chi connectivity index (χ2n) is 5.33. The Morgan fingerprint density at radius 3 is 2.41 bits per heavy atom. The number of hydrogen-bond acceptors (Lipinski definition) is 3. The molecular weight excluding hydrogens is 214 g/mol. The van der Waals surface area contributed by atoms with E-state index in [0.717, 1.165) is 25.4 Å². The van der Waals surface area contributed by atoms with E-state index in [4.69, 9.17) is 15.2 Å². The maximum Gasteiger partial charge on any atom is 0.0809 e. The van der Waals surface area contributed by atoms with Crippen LogP contribution in [0.25, 0.3) is 0 Å². The summed E-state index contributed by atoms with van der Waals surface area (Å²) in [6, 6.07) is 0. The molecule has 0 amide bonds. The van der Waals surface area contributed by atoms with E-state index in [0.29, 0.717) is 13.2 Å². The van der Waals surface area contributed by atoms with Gasteiger partial charge in [-0.25, -0.2) is 0 Å². The minimum absolute atomic E-state index is 0.0812. The van der Waals surface area contributed by atoms with E-state index in [-0.39, 0.29) is 11.7 Å². The minimum Gasteiger partial charge on any atom is -0.379 e. The molecule has 0 aromatic carbocycles. The molecule has 1 atom stereocenters. The lowest BCUT2D eigenvalue weighted by atomic mass is 9.77. The molecule has 1 fully saturated rings. The molecule has 0 spiro atoms. The summed E-state index contributed by atoms with van der Waals surface area (Å²) in [5.74, 6) is 0.875. The summed E-state index contributed by atoms with van der Waals surface area (Å²) in [5.41, 5.74) is 5.86. The van der Waals surface area contributed by atoms with Crippen LogP contribution in [0, 0.1) is 5.92 Å². The molecule has 0 aromatic heterocycles. The topological polar surface area (TPSA) is 44.5 Å². The first-order valence-corrected chi connectivity index (χ1v) is 7.11. The first-order valence-electron chi connectivity index (χ1n) is 7.11. The lowest BCUT2D eigenvalue weighted by molar-refractivity contribution is -0.127. The molecule has 2 N–H and O–H groups in total. The molecule has 3 heteroatoms. The van der Waals surface area contributed by atoms with E-state index >= 15 is 0 Å². The van der Waals surface area contributed by atoms with Gasteiger partial charge in [-0.3, -0.25) is 0 Å². The summed E-state index contributed by atoms with van der Waals surface area (Å²) in [7, 11) is 0. The second-order valence-corrected chi connectivity index (χ2v) is 5.33. The van der Waals surface area contributed by atoms with Crippen LogP contribution in [0.5, 0.6) is 0 Å². The summed E-state index contributed by atoms with van der Waals surface area (Å²) in [4.78, 5) is 0. The van der Waals surface area contributed by atoms with Crippen molar-refractivity contribution in [2.24, 2.45) is 11.7 Å². The van der Waals surface area contributed by atoms with Crippen molar-refractivity contribution < 1.29 is 9.47 Å². The summed E-state index contributed by atoms with van der Waals surface area (Å²) in [6.07, 6.45) is 6.17. The molecule has 3 nitrogen and oxygen atoms in total. The second kappa shape index (κ2) is 7.34. The van der Waals surface area contributed by atoms with E-state index in [9.17, 15) is 0 Å². The van der Waals surface area contributed by atoms with Crippen molar-refractivity contribution >= 4 is 0 Å². The van der Waals surface area contributed by atoms with Crippen molar-refractivity contribution in [3.63, 3.8) is 0 Å². The van der Waals surface area contributed by atoms with Crippen molar-refractivity contribution in [3.05, 3.63) is 0 Å². The number of ether oxygens (including phenoxy) is 2. The Bertz CT molecular complexity index is 200. The highest BCUT2D eigenvalue weighted by atomic mass is 16.5. The maximum absolute atomic E-state index is 6.17. The molecule has 102 valence electrons. The van der Waals surface area contributed by atoms with Crippen molar-refractivity contribution in [1.82, 2.24) is 0 Å². The van der Waals surface area contributed by atoms with Gasteiger partial charge >= 0.3 is 0 Å². The zero-order chi connectivity index (χ0) is 12.7. The fraction of sp³-hybridized carbons (Fsp3) is 1.00. The van der Waals surface area contributed by atoms with Crippen LogP contribution in [0.3, 0.4) is 0 Å². The van der Waals surface area contributed by atoms with Crippen molar-refractivity contribution in [2.45, 2.75) is 64.6 Å². The molecule has 1 rings (SSSR count). The molecule has 0 aromatic rings. The summed E-state index contributed by atoms with van der Waals surface area (Å²) in [6.45, 7) is 8.44. The van der Waals surface area contributed by atoms with Crippen LogP contribution in [-0.4, -0.2) is 31.5 Å². The van der Waals surface area contributed by atoms with Crippen LogP contribution in [0.15, 0.2) is 0 Å². The third-order valence-electron chi connectivity index (χ3n) is 3.97. The van der Waals surface area contributed by atoms with Gasteiger partial charge in [-0.2, -0.15) is 0 Å². The van der Waals surface area contributed by atoms with Crippen molar-refractivity contribution in [3.8, 4) is 0 Å². The standard InChI is InChI=1S/C14H29NO2/c1-4-13-6-8-14(11-15,9-7-13)17-12(3)10-16-5-2/h12-13H,4-11,15H2,1-3H3. The highest BCUT2D eigenvalue weighted by molar-refractivity contribution is 4.88. The van der Waals surface area contributed by atoms with Crippen molar-refractivity contribution in [1.29, 1.82) is 0 Å². The van der Waals surface area contributed by atoms with Crippen LogP contribution < -0.4 is 5.73 Å². The van der Waals surface area contributed by atoms with Gasteiger partial charge in [0.05, 0.1) is 18.3 Å². The first-order chi connectivity index (χ1) is 8.15. The first kappa shape index (κ1) is 14.9. The van der Waals surface area contributed by atoms with Gasteiger partial charge in [-0.15, -0.1) is 0 Å². The summed E-state index contributed by atoms with van der Waals surface area (Å²) < 4.78 is 11.6.